The standard InChI is InChI=1S/C12H16N4S/c1-3-13-10(12-14-5-4-6-15-12)7-11-16-9(2)8-17-11/h4-6,8,10,13H,3,7H2,1-2H3. The maximum absolute atomic E-state index is 4.48. The number of nitrogens with one attached hydrogen (secondary N) is 1. The highest BCUT2D eigenvalue weighted by Gasteiger charge is 2.15. The number of aryl methyl sites for hydroxylation is 1. The van der Waals surface area contributed by atoms with Crippen LogP contribution in [0.1, 0.15) is 29.5 Å². The summed E-state index contributed by atoms with van der Waals surface area (Å²) in [5.74, 6) is 0.835. The van der Waals surface area contributed by atoms with Gasteiger partial charge < -0.3 is 5.32 Å². The van der Waals surface area contributed by atoms with E-state index in [1.807, 2.05) is 13.0 Å². The summed E-state index contributed by atoms with van der Waals surface area (Å²) in [5, 5.41) is 6.60. The molecular weight excluding hydrogens is 232 g/mol. The first-order valence-electron chi connectivity index (χ1n) is 5.71. The van der Waals surface area contributed by atoms with Crippen molar-refractivity contribution in [3.05, 3.63) is 40.4 Å². The van der Waals surface area contributed by atoms with Crippen molar-refractivity contribution in [3.8, 4) is 0 Å². The van der Waals surface area contributed by atoms with E-state index in [2.05, 4.69) is 32.6 Å². The van der Waals surface area contributed by atoms with Gasteiger partial charge >= 0.3 is 0 Å². The van der Waals surface area contributed by atoms with Crippen LogP contribution in [0.2, 0.25) is 0 Å². The second-order valence-corrected chi connectivity index (χ2v) is 4.75. The van der Waals surface area contributed by atoms with Crippen molar-refractivity contribution in [1.82, 2.24) is 20.3 Å². The number of thiazole rings is 1. The zero-order valence-electron chi connectivity index (χ0n) is 10.1. The smallest absolute Gasteiger partial charge is 0.145 e. The molecule has 17 heavy (non-hydrogen) atoms. The molecule has 0 aromatic carbocycles. The van der Waals surface area contributed by atoms with E-state index in [-0.39, 0.29) is 6.04 Å². The van der Waals surface area contributed by atoms with Crippen molar-refractivity contribution in [2.75, 3.05) is 6.54 Å². The molecule has 2 rings (SSSR count). The van der Waals surface area contributed by atoms with Crippen molar-refractivity contribution >= 4 is 11.3 Å². The molecule has 0 fully saturated rings. The molecule has 2 heterocycles. The molecule has 4 nitrogen and oxygen atoms in total. The van der Waals surface area contributed by atoms with E-state index in [1.165, 1.54) is 0 Å². The van der Waals surface area contributed by atoms with E-state index in [0.717, 1.165) is 29.5 Å². The predicted octanol–water partition coefficient (Wildman–Crippen LogP) is 2.13. The van der Waals surface area contributed by atoms with Crippen LogP contribution in [-0.4, -0.2) is 21.5 Å². The van der Waals surface area contributed by atoms with Gasteiger partial charge in [-0.1, -0.05) is 6.92 Å². The molecule has 5 heteroatoms. The molecule has 0 spiro atoms. The normalized spacial score (nSPS) is 12.6. The number of hydrogen-bond donors (Lipinski definition) is 1. The summed E-state index contributed by atoms with van der Waals surface area (Å²) in [6.45, 7) is 5.00. The summed E-state index contributed by atoms with van der Waals surface area (Å²) >= 11 is 1.69. The molecule has 0 bridgehead atoms. The van der Waals surface area contributed by atoms with Crippen LogP contribution in [0.4, 0.5) is 0 Å². The third-order valence-electron chi connectivity index (χ3n) is 2.39. The van der Waals surface area contributed by atoms with E-state index >= 15 is 0 Å². The van der Waals surface area contributed by atoms with E-state index in [0.29, 0.717) is 0 Å². The SMILES string of the molecule is CCNC(Cc1nc(C)cs1)c1ncccn1. The third kappa shape index (κ3) is 3.31. The minimum atomic E-state index is 0.145. The molecule has 2 aromatic rings. The summed E-state index contributed by atoms with van der Waals surface area (Å²) in [5.41, 5.74) is 1.08. The fourth-order valence-electron chi connectivity index (χ4n) is 1.66. The first-order chi connectivity index (χ1) is 8.29. The average molecular weight is 248 g/mol. The number of likely N-dealkylation sites (N-methyl/N-ethyl adjacent to an activating group) is 1. The topological polar surface area (TPSA) is 50.7 Å². The van der Waals surface area contributed by atoms with E-state index in [1.54, 1.807) is 23.7 Å². The van der Waals surface area contributed by atoms with Crippen LogP contribution in [0, 0.1) is 6.92 Å². The first-order valence-corrected chi connectivity index (χ1v) is 6.59. The summed E-state index contributed by atoms with van der Waals surface area (Å²) in [7, 11) is 0. The van der Waals surface area contributed by atoms with Gasteiger partial charge in [0.2, 0.25) is 0 Å². The fourth-order valence-corrected chi connectivity index (χ4v) is 2.48. The Kier molecular flexibility index (Phi) is 4.17. The molecule has 0 aliphatic heterocycles. The monoisotopic (exact) mass is 248 g/mol. The highest BCUT2D eigenvalue weighted by Crippen LogP contribution is 2.17. The van der Waals surface area contributed by atoms with Gasteiger partial charge in [0.05, 0.1) is 11.0 Å². The summed E-state index contributed by atoms with van der Waals surface area (Å²) in [6.07, 6.45) is 4.40. The van der Waals surface area contributed by atoms with Crippen LogP contribution >= 0.6 is 11.3 Å². The van der Waals surface area contributed by atoms with E-state index in [9.17, 15) is 0 Å². The lowest BCUT2D eigenvalue weighted by Crippen LogP contribution is -2.24. The highest BCUT2D eigenvalue weighted by molar-refractivity contribution is 7.09. The maximum Gasteiger partial charge on any atom is 0.145 e. The molecule has 1 atom stereocenters. The Hall–Kier alpha value is -1.33. The fraction of sp³-hybridized carbons (Fsp3) is 0.417. The van der Waals surface area contributed by atoms with E-state index < -0.39 is 0 Å². The lowest BCUT2D eigenvalue weighted by atomic mass is 10.2. The van der Waals surface area contributed by atoms with Crippen LogP contribution in [0.5, 0.6) is 0 Å². The molecule has 0 aliphatic rings. The molecule has 2 aromatic heterocycles. The number of nitrogens with zero attached hydrogens (tertiary/aromatic N) is 3. The van der Waals surface area contributed by atoms with Crippen LogP contribution in [0.15, 0.2) is 23.8 Å². The summed E-state index contributed by atoms with van der Waals surface area (Å²) in [6, 6.07) is 1.98. The van der Waals surface area contributed by atoms with Crippen molar-refractivity contribution in [1.29, 1.82) is 0 Å². The van der Waals surface area contributed by atoms with Gasteiger partial charge in [0.15, 0.2) is 0 Å². The average Bonchev–Trinajstić information content (AvgIpc) is 2.75. The molecule has 0 radical (unpaired) electrons. The number of aromatic nitrogens is 3. The Balaban J connectivity index is 2.13. The Bertz CT molecular complexity index is 455. The van der Waals surface area contributed by atoms with E-state index in [4.69, 9.17) is 0 Å². The van der Waals surface area contributed by atoms with Crippen LogP contribution < -0.4 is 5.32 Å². The van der Waals surface area contributed by atoms with Gasteiger partial charge in [-0.05, 0) is 19.5 Å². The minimum absolute atomic E-state index is 0.145. The van der Waals surface area contributed by atoms with Crippen LogP contribution in [0.3, 0.4) is 0 Å². The molecular formula is C12H16N4S. The summed E-state index contributed by atoms with van der Waals surface area (Å²) in [4.78, 5) is 13.1. The Morgan fingerprint density at radius 2 is 2.12 bits per heavy atom. The van der Waals surface area contributed by atoms with Gasteiger partial charge in [0, 0.05) is 29.9 Å². The van der Waals surface area contributed by atoms with Gasteiger partial charge in [0.1, 0.15) is 5.82 Å². The van der Waals surface area contributed by atoms with Crippen molar-refractivity contribution in [3.63, 3.8) is 0 Å². The van der Waals surface area contributed by atoms with Crippen molar-refractivity contribution in [2.45, 2.75) is 26.3 Å². The van der Waals surface area contributed by atoms with Crippen LogP contribution in [0.25, 0.3) is 0 Å². The molecule has 0 saturated carbocycles. The largest absolute Gasteiger partial charge is 0.307 e. The Morgan fingerprint density at radius 1 is 1.35 bits per heavy atom. The lowest BCUT2D eigenvalue weighted by molar-refractivity contribution is 0.520. The van der Waals surface area contributed by atoms with Gasteiger partial charge in [-0.3, -0.25) is 0 Å². The van der Waals surface area contributed by atoms with Gasteiger partial charge in [-0.25, -0.2) is 15.0 Å². The Morgan fingerprint density at radius 3 is 2.71 bits per heavy atom. The second-order valence-electron chi connectivity index (χ2n) is 3.80. The minimum Gasteiger partial charge on any atom is -0.307 e. The molecule has 0 aliphatic carbocycles. The predicted molar refractivity (Wildman–Crippen MR) is 69.0 cm³/mol. The third-order valence-corrected chi connectivity index (χ3v) is 3.38. The lowest BCUT2D eigenvalue weighted by Gasteiger charge is -2.14. The number of rotatable bonds is 5. The Labute approximate surface area is 105 Å². The van der Waals surface area contributed by atoms with Crippen LogP contribution in [-0.2, 0) is 6.42 Å². The molecule has 1 N–H and O–H groups in total. The zero-order chi connectivity index (χ0) is 12.1. The highest BCUT2D eigenvalue weighted by atomic mass is 32.1. The maximum atomic E-state index is 4.48. The molecule has 1 unspecified atom stereocenters. The molecule has 90 valence electrons. The summed E-state index contributed by atoms with van der Waals surface area (Å²) < 4.78 is 0. The van der Waals surface area contributed by atoms with Gasteiger partial charge in [-0.15, -0.1) is 11.3 Å². The first kappa shape index (κ1) is 12.1. The van der Waals surface area contributed by atoms with Crippen molar-refractivity contribution in [2.24, 2.45) is 0 Å². The second kappa shape index (κ2) is 5.84. The van der Waals surface area contributed by atoms with Crippen molar-refractivity contribution < 1.29 is 0 Å². The molecule has 0 amide bonds. The van der Waals surface area contributed by atoms with Gasteiger partial charge in [0.25, 0.3) is 0 Å². The van der Waals surface area contributed by atoms with Gasteiger partial charge in [-0.2, -0.15) is 0 Å². The molecule has 0 saturated heterocycles. The number of hydrogen-bond acceptors (Lipinski definition) is 5. The quantitative estimate of drug-likeness (QED) is 0.880. The zero-order valence-corrected chi connectivity index (χ0v) is 10.9.